The van der Waals surface area contributed by atoms with Gasteiger partial charge in [-0.05, 0) is 18.6 Å². The Hall–Kier alpha value is -1.69. The zero-order chi connectivity index (χ0) is 16.6. The van der Waals surface area contributed by atoms with Gasteiger partial charge < -0.3 is 4.74 Å². The number of rotatable bonds is 6. The molecule has 4 nitrogen and oxygen atoms in total. The van der Waals surface area contributed by atoms with Gasteiger partial charge in [0.1, 0.15) is 0 Å². The molecule has 0 spiro atoms. The van der Waals surface area contributed by atoms with E-state index in [1.54, 1.807) is 11.8 Å². The monoisotopic (exact) mass is 341 g/mol. The minimum atomic E-state index is 0.815. The van der Waals surface area contributed by atoms with Gasteiger partial charge in [0.15, 0.2) is 5.16 Å². The number of ether oxygens (including phenoxy) is 1. The number of morpholine rings is 1. The maximum Gasteiger partial charge on any atom is 0.188 e. The van der Waals surface area contributed by atoms with E-state index < -0.39 is 0 Å². The molecular formula is C19H23N3OS. The Morgan fingerprint density at radius 2 is 1.96 bits per heavy atom. The number of thioether (sulfide) groups is 1. The first-order valence-corrected chi connectivity index (χ1v) is 9.27. The Bertz CT molecular complexity index is 670. The summed E-state index contributed by atoms with van der Waals surface area (Å²) in [5.41, 5.74) is 3.35. The first-order valence-electron chi connectivity index (χ1n) is 8.29. The van der Waals surface area contributed by atoms with Gasteiger partial charge >= 0.3 is 0 Å². The lowest BCUT2D eigenvalue weighted by Crippen LogP contribution is -2.35. The molecule has 0 atom stereocenters. The van der Waals surface area contributed by atoms with E-state index in [9.17, 15) is 0 Å². The fourth-order valence-corrected chi connectivity index (χ4v) is 3.34. The number of aromatic nitrogens is 2. The van der Waals surface area contributed by atoms with Gasteiger partial charge in [-0.3, -0.25) is 4.90 Å². The molecule has 0 aliphatic carbocycles. The van der Waals surface area contributed by atoms with Gasteiger partial charge in [-0.1, -0.05) is 54.2 Å². The molecule has 0 unspecified atom stereocenters. The second-order valence-electron chi connectivity index (χ2n) is 5.80. The van der Waals surface area contributed by atoms with E-state index >= 15 is 0 Å². The Morgan fingerprint density at radius 1 is 1.17 bits per heavy atom. The van der Waals surface area contributed by atoms with Gasteiger partial charge in [-0.25, -0.2) is 9.97 Å². The number of nitrogens with zero attached hydrogens (tertiary/aromatic N) is 3. The molecule has 2 heterocycles. The highest BCUT2D eigenvalue weighted by Crippen LogP contribution is 2.16. The van der Waals surface area contributed by atoms with Crippen molar-refractivity contribution in [1.82, 2.24) is 14.9 Å². The van der Waals surface area contributed by atoms with E-state index in [0.717, 1.165) is 55.1 Å². The summed E-state index contributed by atoms with van der Waals surface area (Å²) in [5.74, 6) is 0.870. The fraction of sp³-hybridized carbons (Fsp3) is 0.368. The first kappa shape index (κ1) is 17.1. The number of hydrogen-bond donors (Lipinski definition) is 0. The van der Waals surface area contributed by atoms with Crippen LogP contribution in [0, 0.1) is 6.92 Å². The largest absolute Gasteiger partial charge is 0.379 e. The molecule has 0 bridgehead atoms. The van der Waals surface area contributed by atoms with Crippen LogP contribution in [0.2, 0.25) is 0 Å². The molecule has 1 aromatic heterocycles. The van der Waals surface area contributed by atoms with Gasteiger partial charge in [0, 0.05) is 31.1 Å². The summed E-state index contributed by atoms with van der Waals surface area (Å²) < 4.78 is 5.40. The van der Waals surface area contributed by atoms with Crippen molar-refractivity contribution < 1.29 is 4.74 Å². The highest BCUT2D eigenvalue weighted by Gasteiger charge is 2.12. The van der Waals surface area contributed by atoms with Crippen LogP contribution in [-0.4, -0.2) is 46.9 Å². The molecule has 0 radical (unpaired) electrons. The van der Waals surface area contributed by atoms with E-state index in [4.69, 9.17) is 9.72 Å². The van der Waals surface area contributed by atoms with Gasteiger partial charge in [0.25, 0.3) is 0 Å². The predicted molar refractivity (Wildman–Crippen MR) is 99.1 cm³/mol. The molecule has 1 aliphatic heterocycles. The van der Waals surface area contributed by atoms with Crippen LogP contribution in [-0.2, 0) is 11.3 Å². The molecule has 1 fully saturated rings. The van der Waals surface area contributed by atoms with Gasteiger partial charge in [-0.2, -0.15) is 0 Å². The molecule has 126 valence electrons. The second-order valence-corrected chi connectivity index (χ2v) is 6.78. The van der Waals surface area contributed by atoms with E-state index in [-0.39, 0.29) is 0 Å². The summed E-state index contributed by atoms with van der Waals surface area (Å²) in [7, 11) is 0. The third-order valence-corrected chi connectivity index (χ3v) is 4.59. The third-order valence-electron chi connectivity index (χ3n) is 3.79. The molecule has 0 saturated carbocycles. The normalized spacial score (nSPS) is 15.9. The highest BCUT2D eigenvalue weighted by atomic mass is 32.2. The predicted octanol–water partition coefficient (Wildman–Crippen LogP) is 3.42. The molecule has 2 aromatic rings. The Balaban J connectivity index is 1.56. The summed E-state index contributed by atoms with van der Waals surface area (Å²) >= 11 is 1.68. The highest BCUT2D eigenvalue weighted by molar-refractivity contribution is 7.99. The van der Waals surface area contributed by atoms with Gasteiger partial charge in [0.05, 0.1) is 18.9 Å². The van der Waals surface area contributed by atoms with Crippen molar-refractivity contribution in [2.24, 2.45) is 0 Å². The van der Waals surface area contributed by atoms with Crippen molar-refractivity contribution in [1.29, 1.82) is 0 Å². The van der Waals surface area contributed by atoms with Crippen LogP contribution in [0.1, 0.15) is 17.0 Å². The summed E-state index contributed by atoms with van der Waals surface area (Å²) in [6.45, 7) is 6.50. The topological polar surface area (TPSA) is 38.2 Å². The quantitative estimate of drug-likeness (QED) is 0.594. The van der Waals surface area contributed by atoms with Crippen molar-refractivity contribution in [3.05, 3.63) is 59.4 Å². The Labute approximate surface area is 148 Å². The van der Waals surface area contributed by atoms with E-state index in [1.165, 1.54) is 5.56 Å². The minimum Gasteiger partial charge on any atom is -0.379 e. The van der Waals surface area contributed by atoms with Crippen LogP contribution in [0.4, 0.5) is 0 Å². The van der Waals surface area contributed by atoms with Crippen molar-refractivity contribution in [2.75, 3.05) is 32.1 Å². The lowest BCUT2D eigenvalue weighted by molar-refractivity contribution is 0.0335. The summed E-state index contributed by atoms with van der Waals surface area (Å²) in [4.78, 5) is 11.6. The fourth-order valence-electron chi connectivity index (χ4n) is 2.61. The van der Waals surface area contributed by atoms with Gasteiger partial charge in [0.2, 0.25) is 0 Å². The van der Waals surface area contributed by atoms with Crippen LogP contribution in [0.5, 0.6) is 0 Å². The third kappa shape index (κ3) is 5.44. The molecule has 0 amide bonds. The smallest absolute Gasteiger partial charge is 0.188 e. The summed E-state index contributed by atoms with van der Waals surface area (Å²) in [5, 5.41) is 0.857. The van der Waals surface area contributed by atoms with Crippen LogP contribution in [0.3, 0.4) is 0 Å². The average molecular weight is 341 g/mol. The van der Waals surface area contributed by atoms with Crippen molar-refractivity contribution in [3.63, 3.8) is 0 Å². The maximum atomic E-state index is 5.40. The van der Waals surface area contributed by atoms with Crippen LogP contribution < -0.4 is 0 Å². The maximum absolute atomic E-state index is 5.40. The zero-order valence-corrected chi connectivity index (χ0v) is 14.8. The van der Waals surface area contributed by atoms with Gasteiger partial charge in [-0.15, -0.1) is 0 Å². The zero-order valence-electron chi connectivity index (χ0n) is 14.0. The van der Waals surface area contributed by atoms with Crippen molar-refractivity contribution >= 4 is 17.8 Å². The summed E-state index contributed by atoms with van der Waals surface area (Å²) in [6, 6.07) is 12.4. The number of hydrogen-bond acceptors (Lipinski definition) is 5. The molecule has 1 saturated heterocycles. The molecule has 24 heavy (non-hydrogen) atoms. The molecule has 1 aromatic carbocycles. The molecule has 5 heteroatoms. The SMILES string of the molecule is Cc1cc(CN2CCOCC2)nc(SC/C=C/c2ccccc2)n1. The minimum absolute atomic E-state index is 0.815. The first-order chi connectivity index (χ1) is 11.8. The number of benzene rings is 1. The standard InChI is InChI=1S/C19H23N3OS/c1-16-14-18(15-22-9-11-23-12-10-22)21-19(20-16)24-13-5-8-17-6-3-2-4-7-17/h2-8,14H,9-13,15H2,1H3/b8-5+. The van der Waals surface area contributed by atoms with E-state index in [2.05, 4.69) is 40.2 Å². The average Bonchev–Trinajstić information content (AvgIpc) is 2.60. The van der Waals surface area contributed by atoms with Crippen molar-refractivity contribution in [3.8, 4) is 0 Å². The molecule has 1 aliphatic rings. The van der Waals surface area contributed by atoms with Crippen LogP contribution in [0.15, 0.2) is 47.6 Å². The van der Waals surface area contributed by atoms with E-state index in [0.29, 0.717) is 0 Å². The Kier molecular flexibility index (Phi) is 6.41. The molecule has 0 N–H and O–H groups in total. The lowest BCUT2D eigenvalue weighted by atomic mass is 10.2. The van der Waals surface area contributed by atoms with Crippen LogP contribution in [0.25, 0.3) is 6.08 Å². The Morgan fingerprint density at radius 3 is 2.75 bits per heavy atom. The lowest BCUT2D eigenvalue weighted by Gasteiger charge is -2.26. The summed E-state index contributed by atoms with van der Waals surface area (Å²) in [6.07, 6.45) is 4.30. The van der Waals surface area contributed by atoms with Crippen LogP contribution >= 0.6 is 11.8 Å². The second kappa shape index (κ2) is 8.97. The molecular weight excluding hydrogens is 318 g/mol. The molecule has 3 rings (SSSR count). The van der Waals surface area contributed by atoms with E-state index in [1.807, 2.05) is 25.1 Å². The van der Waals surface area contributed by atoms with Crippen molar-refractivity contribution in [2.45, 2.75) is 18.6 Å². The number of aryl methyl sites for hydroxylation is 1.